The number of hydrogen-bond donors (Lipinski definition) is 1. The summed E-state index contributed by atoms with van der Waals surface area (Å²) in [4.78, 5) is 16.1. The van der Waals surface area contributed by atoms with Crippen molar-refractivity contribution in [2.24, 2.45) is 0 Å². The van der Waals surface area contributed by atoms with E-state index in [2.05, 4.69) is 17.1 Å². The number of amides is 1. The zero-order chi connectivity index (χ0) is 17.8. The quantitative estimate of drug-likeness (QED) is 0.810. The van der Waals surface area contributed by atoms with E-state index in [9.17, 15) is 4.79 Å². The van der Waals surface area contributed by atoms with Crippen LogP contribution in [0.3, 0.4) is 0 Å². The van der Waals surface area contributed by atoms with Crippen molar-refractivity contribution in [2.45, 2.75) is 44.8 Å². The number of nitrogens with one attached hydrogen (secondary N) is 1. The summed E-state index contributed by atoms with van der Waals surface area (Å²) in [5.41, 5.74) is 1.03. The molecule has 1 atom stereocenters. The second kappa shape index (κ2) is 8.23. The Morgan fingerprint density at radius 1 is 1.36 bits per heavy atom. The van der Waals surface area contributed by atoms with Crippen LogP contribution in [0.1, 0.15) is 31.7 Å². The standard InChI is InChI=1S/C18H24ClN3O2S/c1-2-14-12-24-18(23)22(14)15-7-9-21(10-8-15)17(25)20-11-13-5-3-4-6-16(13)19/h3-6,14-15H,2,7-12H2,1H3,(H,20,25). The largest absolute Gasteiger partial charge is 0.447 e. The van der Waals surface area contributed by atoms with Crippen LogP contribution in [0.15, 0.2) is 24.3 Å². The summed E-state index contributed by atoms with van der Waals surface area (Å²) < 4.78 is 5.22. The fourth-order valence-corrected chi connectivity index (χ4v) is 3.96. The van der Waals surface area contributed by atoms with Crippen LogP contribution in [0, 0.1) is 0 Å². The Labute approximate surface area is 159 Å². The van der Waals surface area contributed by atoms with Gasteiger partial charge in [0.1, 0.15) is 6.61 Å². The maximum absolute atomic E-state index is 12.0. The van der Waals surface area contributed by atoms with Crippen molar-refractivity contribution < 1.29 is 9.53 Å². The minimum atomic E-state index is -0.162. The van der Waals surface area contributed by atoms with E-state index in [-0.39, 0.29) is 18.2 Å². The average molecular weight is 382 g/mol. The first-order valence-corrected chi connectivity index (χ1v) is 9.60. The molecule has 1 aromatic carbocycles. The van der Waals surface area contributed by atoms with Gasteiger partial charge in [-0.15, -0.1) is 0 Å². The van der Waals surface area contributed by atoms with Gasteiger partial charge < -0.3 is 15.0 Å². The van der Waals surface area contributed by atoms with Crippen molar-refractivity contribution in [1.82, 2.24) is 15.1 Å². The van der Waals surface area contributed by atoms with Gasteiger partial charge in [-0.25, -0.2) is 4.79 Å². The molecule has 25 heavy (non-hydrogen) atoms. The first-order chi connectivity index (χ1) is 12.1. The van der Waals surface area contributed by atoms with Gasteiger partial charge in [-0.05, 0) is 43.1 Å². The second-order valence-electron chi connectivity index (χ2n) is 6.51. The van der Waals surface area contributed by atoms with Gasteiger partial charge in [-0.1, -0.05) is 36.7 Å². The van der Waals surface area contributed by atoms with Gasteiger partial charge in [0.15, 0.2) is 5.11 Å². The minimum absolute atomic E-state index is 0.162. The monoisotopic (exact) mass is 381 g/mol. The summed E-state index contributed by atoms with van der Waals surface area (Å²) in [7, 11) is 0. The van der Waals surface area contributed by atoms with E-state index in [1.165, 1.54) is 0 Å². The molecule has 1 aromatic rings. The van der Waals surface area contributed by atoms with Crippen LogP contribution in [0.5, 0.6) is 0 Å². The van der Waals surface area contributed by atoms with E-state index in [0.717, 1.165) is 48.1 Å². The molecular formula is C18H24ClN3O2S. The Bertz CT molecular complexity index is 635. The Balaban J connectivity index is 1.49. The smallest absolute Gasteiger partial charge is 0.410 e. The van der Waals surface area contributed by atoms with E-state index in [1.807, 2.05) is 29.2 Å². The molecule has 2 aliphatic heterocycles. The predicted molar refractivity (Wildman–Crippen MR) is 103 cm³/mol. The van der Waals surface area contributed by atoms with Crippen LogP contribution in [0.25, 0.3) is 0 Å². The van der Waals surface area contributed by atoms with E-state index in [1.54, 1.807) is 0 Å². The van der Waals surface area contributed by atoms with Crippen LogP contribution in [-0.2, 0) is 11.3 Å². The molecule has 1 amide bonds. The zero-order valence-electron chi connectivity index (χ0n) is 14.4. The number of benzene rings is 1. The Hall–Kier alpha value is -1.53. The van der Waals surface area contributed by atoms with Gasteiger partial charge in [0.25, 0.3) is 0 Å². The molecular weight excluding hydrogens is 358 g/mol. The SMILES string of the molecule is CCC1COC(=O)N1C1CCN(C(=S)NCc2ccccc2Cl)CC1. The first-order valence-electron chi connectivity index (χ1n) is 8.81. The van der Waals surface area contributed by atoms with Crippen molar-refractivity contribution >= 4 is 35.0 Å². The van der Waals surface area contributed by atoms with Gasteiger partial charge in [0, 0.05) is 30.7 Å². The lowest BCUT2D eigenvalue weighted by atomic mass is 10.0. The average Bonchev–Trinajstić information content (AvgIpc) is 3.01. The molecule has 0 radical (unpaired) electrons. The topological polar surface area (TPSA) is 44.8 Å². The summed E-state index contributed by atoms with van der Waals surface area (Å²) in [5.74, 6) is 0. The predicted octanol–water partition coefficient (Wildman–Crippen LogP) is 3.41. The lowest BCUT2D eigenvalue weighted by Crippen LogP contribution is -2.51. The molecule has 1 N–H and O–H groups in total. The molecule has 5 nitrogen and oxygen atoms in total. The maximum atomic E-state index is 12.0. The molecule has 1 unspecified atom stereocenters. The highest BCUT2D eigenvalue weighted by atomic mass is 35.5. The third kappa shape index (κ3) is 4.18. The van der Waals surface area contributed by atoms with Crippen molar-refractivity contribution in [1.29, 1.82) is 0 Å². The number of likely N-dealkylation sites (tertiary alicyclic amines) is 1. The third-order valence-electron chi connectivity index (χ3n) is 5.01. The fraction of sp³-hybridized carbons (Fsp3) is 0.556. The highest BCUT2D eigenvalue weighted by Crippen LogP contribution is 2.25. The van der Waals surface area contributed by atoms with Crippen LogP contribution < -0.4 is 5.32 Å². The molecule has 2 heterocycles. The number of piperidine rings is 1. The molecule has 0 saturated carbocycles. The lowest BCUT2D eigenvalue weighted by molar-refractivity contribution is 0.122. The van der Waals surface area contributed by atoms with E-state index >= 15 is 0 Å². The van der Waals surface area contributed by atoms with Gasteiger partial charge in [-0.3, -0.25) is 4.90 Å². The first kappa shape index (κ1) is 18.3. The Kier molecular flexibility index (Phi) is 6.02. The Morgan fingerprint density at radius 2 is 2.08 bits per heavy atom. The minimum Gasteiger partial charge on any atom is -0.447 e. The fourth-order valence-electron chi connectivity index (χ4n) is 3.50. The molecule has 7 heteroatoms. The number of carbonyl (C=O) groups is 1. The number of carbonyl (C=O) groups excluding carboxylic acids is 1. The van der Waals surface area contributed by atoms with Gasteiger partial charge in [0.05, 0.1) is 6.04 Å². The summed E-state index contributed by atoms with van der Waals surface area (Å²) in [6.45, 7) is 4.93. The van der Waals surface area contributed by atoms with Gasteiger partial charge >= 0.3 is 6.09 Å². The highest BCUT2D eigenvalue weighted by molar-refractivity contribution is 7.80. The van der Waals surface area contributed by atoms with E-state index < -0.39 is 0 Å². The lowest BCUT2D eigenvalue weighted by Gasteiger charge is -2.38. The molecule has 0 spiro atoms. The van der Waals surface area contributed by atoms with Crippen LogP contribution >= 0.6 is 23.8 Å². The number of nitrogens with zero attached hydrogens (tertiary/aromatic N) is 2. The van der Waals surface area contributed by atoms with Crippen molar-refractivity contribution in [2.75, 3.05) is 19.7 Å². The summed E-state index contributed by atoms with van der Waals surface area (Å²) >= 11 is 11.7. The molecule has 0 aromatic heterocycles. The van der Waals surface area contributed by atoms with Gasteiger partial charge in [-0.2, -0.15) is 0 Å². The number of cyclic esters (lactones) is 1. The van der Waals surface area contributed by atoms with Crippen LogP contribution in [0.4, 0.5) is 4.79 Å². The molecule has 2 aliphatic rings. The van der Waals surface area contributed by atoms with Crippen molar-refractivity contribution in [3.8, 4) is 0 Å². The number of hydrogen-bond acceptors (Lipinski definition) is 3. The Morgan fingerprint density at radius 3 is 2.76 bits per heavy atom. The highest BCUT2D eigenvalue weighted by Gasteiger charge is 2.38. The summed E-state index contributed by atoms with van der Waals surface area (Å²) in [6, 6.07) is 8.23. The van der Waals surface area contributed by atoms with E-state index in [0.29, 0.717) is 13.2 Å². The van der Waals surface area contributed by atoms with E-state index in [4.69, 9.17) is 28.6 Å². The van der Waals surface area contributed by atoms with Crippen molar-refractivity contribution in [3.63, 3.8) is 0 Å². The normalized spacial score (nSPS) is 21.4. The molecule has 136 valence electrons. The zero-order valence-corrected chi connectivity index (χ0v) is 16.0. The summed E-state index contributed by atoms with van der Waals surface area (Å²) in [5, 5.41) is 4.78. The number of rotatable bonds is 4. The number of thiocarbonyl (C=S) groups is 1. The third-order valence-corrected chi connectivity index (χ3v) is 5.78. The summed E-state index contributed by atoms with van der Waals surface area (Å²) in [6.07, 6.45) is 2.60. The molecule has 0 aliphatic carbocycles. The molecule has 0 bridgehead atoms. The van der Waals surface area contributed by atoms with Crippen molar-refractivity contribution in [3.05, 3.63) is 34.9 Å². The second-order valence-corrected chi connectivity index (χ2v) is 7.31. The maximum Gasteiger partial charge on any atom is 0.410 e. The molecule has 2 saturated heterocycles. The van der Waals surface area contributed by atoms with Crippen LogP contribution in [0.2, 0.25) is 5.02 Å². The number of ether oxygens (including phenoxy) is 1. The molecule has 2 fully saturated rings. The van der Waals surface area contributed by atoms with Gasteiger partial charge in [0.2, 0.25) is 0 Å². The molecule has 3 rings (SSSR count). The van der Waals surface area contributed by atoms with Crippen LogP contribution in [-0.4, -0.2) is 52.8 Å². The number of halogens is 1.